The predicted octanol–water partition coefficient (Wildman–Crippen LogP) is 4.74. The lowest BCUT2D eigenvalue weighted by atomic mass is 10.1. The first-order chi connectivity index (χ1) is 14.0. The van der Waals surface area contributed by atoms with Crippen LogP contribution in [0, 0.1) is 0 Å². The highest BCUT2D eigenvalue weighted by Crippen LogP contribution is 2.32. The van der Waals surface area contributed by atoms with E-state index in [-0.39, 0.29) is 5.91 Å². The third kappa shape index (κ3) is 4.54. The monoisotopic (exact) mass is 430 g/mol. The normalized spacial score (nSPS) is 15.4. The Bertz CT molecular complexity index is 961. The van der Waals surface area contributed by atoms with Gasteiger partial charge in [-0.25, -0.2) is 0 Å². The van der Waals surface area contributed by atoms with Gasteiger partial charge in [0.15, 0.2) is 16.6 Å². The van der Waals surface area contributed by atoms with Gasteiger partial charge in [-0.05, 0) is 55.9 Å². The fourth-order valence-corrected chi connectivity index (χ4v) is 3.52. The van der Waals surface area contributed by atoms with Crippen molar-refractivity contribution >= 4 is 40.9 Å². The van der Waals surface area contributed by atoms with Crippen LogP contribution in [0.2, 0.25) is 5.02 Å². The lowest BCUT2D eigenvalue weighted by Crippen LogP contribution is -2.30. The number of halogens is 1. The molecule has 0 aromatic heterocycles. The van der Waals surface area contributed by atoms with Crippen LogP contribution in [0.4, 0.5) is 0 Å². The number of carbonyl (C=O) groups excluding carboxylic acids is 1. The molecule has 0 spiro atoms. The molecular formula is C22H23ClN2O3S. The molecule has 0 bridgehead atoms. The Balaban J connectivity index is 1.85. The minimum Gasteiger partial charge on any atom is -0.490 e. The van der Waals surface area contributed by atoms with Gasteiger partial charge in [0.05, 0.1) is 6.61 Å². The molecule has 1 saturated heterocycles. The van der Waals surface area contributed by atoms with E-state index < -0.39 is 0 Å². The van der Waals surface area contributed by atoms with E-state index in [0.717, 1.165) is 11.1 Å². The van der Waals surface area contributed by atoms with Gasteiger partial charge in [0.25, 0.3) is 5.91 Å². The van der Waals surface area contributed by atoms with E-state index in [1.54, 1.807) is 16.8 Å². The van der Waals surface area contributed by atoms with E-state index in [1.165, 1.54) is 0 Å². The van der Waals surface area contributed by atoms with Gasteiger partial charge in [-0.3, -0.25) is 9.69 Å². The number of benzene rings is 2. The minimum atomic E-state index is -0.1000. The van der Waals surface area contributed by atoms with E-state index in [0.29, 0.717) is 47.1 Å². The van der Waals surface area contributed by atoms with Crippen LogP contribution in [-0.4, -0.2) is 41.0 Å². The fourth-order valence-electron chi connectivity index (χ4n) is 3.02. The molecule has 7 heteroatoms. The zero-order chi connectivity index (χ0) is 21.0. The number of likely N-dealkylation sites (N-methyl/N-ethyl adjacent to an activating group) is 2. The average Bonchev–Trinajstić information content (AvgIpc) is 2.91. The Morgan fingerprint density at radius 3 is 2.52 bits per heavy atom. The van der Waals surface area contributed by atoms with Gasteiger partial charge in [0, 0.05) is 24.2 Å². The van der Waals surface area contributed by atoms with Crippen LogP contribution in [0.25, 0.3) is 6.08 Å². The number of amides is 1. The van der Waals surface area contributed by atoms with Crippen LogP contribution >= 0.6 is 23.8 Å². The van der Waals surface area contributed by atoms with Crippen LogP contribution in [-0.2, 0) is 11.4 Å². The number of nitrogens with zero attached hydrogens (tertiary/aromatic N) is 2. The van der Waals surface area contributed by atoms with Gasteiger partial charge in [0.2, 0.25) is 0 Å². The van der Waals surface area contributed by atoms with Gasteiger partial charge in [-0.1, -0.05) is 35.9 Å². The van der Waals surface area contributed by atoms with Crippen molar-refractivity contribution in [2.75, 3.05) is 20.2 Å². The quantitative estimate of drug-likeness (QED) is 0.469. The number of carbonyl (C=O) groups is 1. The summed E-state index contributed by atoms with van der Waals surface area (Å²) in [7, 11) is 1.80. The first-order valence-corrected chi connectivity index (χ1v) is 10.2. The smallest absolute Gasteiger partial charge is 0.276 e. The first-order valence-electron chi connectivity index (χ1n) is 9.40. The van der Waals surface area contributed by atoms with Crippen molar-refractivity contribution in [2.45, 2.75) is 20.5 Å². The van der Waals surface area contributed by atoms with E-state index in [1.807, 2.05) is 62.4 Å². The molecule has 3 rings (SSSR count). The first kappa shape index (κ1) is 21.1. The second-order valence-electron chi connectivity index (χ2n) is 6.44. The lowest BCUT2D eigenvalue weighted by Gasteiger charge is -2.14. The highest BCUT2D eigenvalue weighted by molar-refractivity contribution is 7.80. The molecule has 0 saturated carbocycles. The van der Waals surface area contributed by atoms with E-state index >= 15 is 0 Å². The topological polar surface area (TPSA) is 42.0 Å². The average molecular weight is 431 g/mol. The molecule has 2 aromatic rings. The number of rotatable bonds is 7. The summed E-state index contributed by atoms with van der Waals surface area (Å²) in [5.41, 5.74) is 2.26. The molecule has 1 aliphatic rings. The Hall–Kier alpha value is -2.57. The van der Waals surface area contributed by atoms with Crippen molar-refractivity contribution in [1.82, 2.24) is 9.80 Å². The maximum absolute atomic E-state index is 12.6. The Kier molecular flexibility index (Phi) is 6.77. The highest BCUT2D eigenvalue weighted by atomic mass is 35.5. The van der Waals surface area contributed by atoms with E-state index in [2.05, 4.69) is 0 Å². The van der Waals surface area contributed by atoms with Gasteiger partial charge in [-0.15, -0.1) is 0 Å². The summed E-state index contributed by atoms with van der Waals surface area (Å²) in [6.07, 6.45) is 1.81. The van der Waals surface area contributed by atoms with Gasteiger partial charge >= 0.3 is 0 Å². The maximum atomic E-state index is 12.6. The predicted molar refractivity (Wildman–Crippen MR) is 119 cm³/mol. The molecule has 152 valence electrons. The second-order valence-corrected chi connectivity index (χ2v) is 7.21. The van der Waals surface area contributed by atoms with Crippen LogP contribution in [0.5, 0.6) is 11.5 Å². The maximum Gasteiger partial charge on any atom is 0.276 e. The van der Waals surface area contributed by atoms with Crippen LogP contribution in [0.1, 0.15) is 25.0 Å². The van der Waals surface area contributed by atoms with Gasteiger partial charge in [0.1, 0.15) is 12.3 Å². The second kappa shape index (κ2) is 9.29. The number of hydrogen-bond acceptors (Lipinski definition) is 4. The zero-order valence-electron chi connectivity index (χ0n) is 16.6. The van der Waals surface area contributed by atoms with E-state index in [9.17, 15) is 4.79 Å². The Labute approximate surface area is 181 Å². The molecule has 0 unspecified atom stereocenters. The van der Waals surface area contributed by atoms with Gasteiger partial charge < -0.3 is 14.4 Å². The molecule has 0 radical (unpaired) electrons. The highest BCUT2D eigenvalue weighted by Gasteiger charge is 2.34. The summed E-state index contributed by atoms with van der Waals surface area (Å²) in [5.74, 6) is 1.12. The number of ether oxygens (including phenoxy) is 2. The van der Waals surface area contributed by atoms with Crippen LogP contribution in [0.3, 0.4) is 0 Å². The Morgan fingerprint density at radius 1 is 1.10 bits per heavy atom. The number of hydrogen-bond donors (Lipinski definition) is 0. The molecule has 1 heterocycles. The summed E-state index contributed by atoms with van der Waals surface area (Å²) in [6, 6.07) is 13.1. The molecule has 0 N–H and O–H groups in total. The molecule has 5 nitrogen and oxygen atoms in total. The molecular weight excluding hydrogens is 408 g/mol. The van der Waals surface area contributed by atoms with Crippen LogP contribution < -0.4 is 9.47 Å². The van der Waals surface area contributed by atoms with Crippen LogP contribution in [0.15, 0.2) is 48.2 Å². The van der Waals surface area contributed by atoms with E-state index in [4.69, 9.17) is 33.3 Å². The standard InChI is InChI=1S/C22H23ClN2O3S/c1-4-25-21(26)18(24(3)22(25)29)12-15-10-11-19(20(13-15)27-5-2)28-14-16-8-6-7-9-17(16)23/h6-13H,4-5,14H2,1-3H3/b18-12-. The molecule has 1 amide bonds. The summed E-state index contributed by atoms with van der Waals surface area (Å²) in [5, 5.41) is 1.17. The van der Waals surface area contributed by atoms with Crippen molar-refractivity contribution in [3.05, 3.63) is 64.3 Å². The SMILES string of the molecule is CCOc1cc(/C=C2/C(=O)N(CC)C(=S)N2C)ccc1OCc1ccccc1Cl. The molecule has 0 atom stereocenters. The van der Waals surface area contributed by atoms with Crippen molar-refractivity contribution in [1.29, 1.82) is 0 Å². The van der Waals surface area contributed by atoms with Gasteiger partial charge in [-0.2, -0.15) is 0 Å². The fraction of sp³-hybridized carbons (Fsp3) is 0.273. The summed E-state index contributed by atoms with van der Waals surface area (Å²) in [6.45, 7) is 5.18. The zero-order valence-corrected chi connectivity index (χ0v) is 18.2. The molecule has 1 fully saturated rings. The molecule has 0 aliphatic carbocycles. The third-order valence-corrected chi connectivity index (χ3v) is 5.43. The number of thiocarbonyl (C=S) groups is 1. The largest absolute Gasteiger partial charge is 0.490 e. The van der Waals surface area contributed by atoms with Crippen molar-refractivity contribution in [3.8, 4) is 11.5 Å². The summed E-state index contributed by atoms with van der Waals surface area (Å²) < 4.78 is 11.7. The molecule has 1 aliphatic heterocycles. The van der Waals surface area contributed by atoms with Crippen molar-refractivity contribution in [3.63, 3.8) is 0 Å². The molecule has 29 heavy (non-hydrogen) atoms. The lowest BCUT2D eigenvalue weighted by molar-refractivity contribution is -0.122. The van der Waals surface area contributed by atoms with Crippen molar-refractivity contribution in [2.24, 2.45) is 0 Å². The van der Waals surface area contributed by atoms with Crippen molar-refractivity contribution < 1.29 is 14.3 Å². The minimum absolute atomic E-state index is 0.1000. The molecule has 2 aromatic carbocycles. The summed E-state index contributed by atoms with van der Waals surface area (Å²) >= 11 is 11.6. The summed E-state index contributed by atoms with van der Waals surface area (Å²) in [4.78, 5) is 15.9. The Morgan fingerprint density at radius 2 is 1.86 bits per heavy atom. The third-order valence-electron chi connectivity index (χ3n) is 4.57.